The van der Waals surface area contributed by atoms with Crippen molar-refractivity contribution in [1.29, 1.82) is 0 Å². The van der Waals surface area contributed by atoms with Crippen molar-refractivity contribution in [2.24, 2.45) is 5.73 Å². The summed E-state index contributed by atoms with van der Waals surface area (Å²) >= 11 is 1.20. The van der Waals surface area contributed by atoms with Crippen LogP contribution >= 0.6 is 11.3 Å². The van der Waals surface area contributed by atoms with E-state index in [1.807, 2.05) is 13.8 Å². The second-order valence-electron chi connectivity index (χ2n) is 4.99. The van der Waals surface area contributed by atoms with Crippen LogP contribution in [0.1, 0.15) is 30.3 Å². The Bertz CT molecular complexity index is 767. The van der Waals surface area contributed by atoms with E-state index >= 15 is 0 Å². The van der Waals surface area contributed by atoms with E-state index in [-0.39, 0.29) is 22.4 Å². The maximum Gasteiger partial charge on any atom is 0.263 e. The molecule has 0 unspecified atom stereocenters. The fourth-order valence-electron chi connectivity index (χ4n) is 1.67. The number of rotatable bonds is 6. The molecule has 0 aliphatic carbocycles. The van der Waals surface area contributed by atoms with Gasteiger partial charge in [-0.25, -0.2) is 8.42 Å². The molecule has 9 heteroatoms. The zero-order valence-electron chi connectivity index (χ0n) is 12.1. The van der Waals surface area contributed by atoms with Gasteiger partial charge < -0.3 is 5.73 Å². The second-order valence-corrected chi connectivity index (χ2v) is 7.68. The Morgan fingerprint density at radius 2 is 1.91 bits per heavy atom. The molecule has 0 aliphatic heterocycles. The molecule has 3 N–H and O–H groups in total. The van der Waals surface area contributed by atoms with E-state index in [2.05, 4.69) is 14.9 Å². The first kappa shape index (κ1) is 16.4. The summed E-state index contributed by atoms with van der Waals surface area (Å²) in [6.45, 7) is 3.91. The lowest BCUT2D eigenvalue weighted by atomic mass is 10.1. The van der Waals surface area contributed by atoms with E-state index in [4.69, 9.17) is 5.73 Å². The number of nitrogens with two attached hydrogens (primary N) is 1. The number of sulfonamides is 1. The summed E-state index contributed by atoms with van der Waals surface area (Å²) in [4.78, 5) is 10.9. The first-order valence-corrected chi connectivity index (χ1v) is 8.81. The van der Waals surface area contributed by atoms with E-state index in [0.29, 0.717) is 5.56 Å². The lowest BCUT2D eigenvalue weighted by Crippen LogP contribution is -2.15. The molecular weight excluding hydrogens is 324 g/mol. The summed E-state index contributed by atoms with van der Waals surface area (Å²) in [5.41, 5.74) is 5.75. The zero-order valence-corrected chi connectivity index (χ0v) is 13.7. The highest BCUT2D eigenvalue weighted by atomic mass is 32.2. The Labute approximate surface area is 132 Å². The van der Waals surface area contributed by atoms with Crippen LogP contribution < -0.4 is 10.5 Å². The molecular formula is C13H16N4O3S2. The molecule has 7 nitrogen and oxygen atoms in total. The summed E-state index contributed by atoms with van der Waals surface area (Å²) in [5.74, 6) is -0.285. The van der Waals surface area contributed by atoms with Crippen molar-refractivity contribution in [3.05, 3.63) is 34.8 Å². The minimum absolute atomic E-state index is 0.0713. The Balaban J connectivity index is 2.17. The van der Waals surface area contributed by atoms with Crippen LogP contribution in [-0.4, -0.2) is 24.5 Å². The van der Waals surface area contributed by atoms with Gasteiger partial charge >= 0.3 is 0 Å². The average molecular weight is 340 g/mol. The molecule has 0 fully saturated rings. The van der Waals surface area contributed by atoms with Gasteiger partial charge in [-0.1, -0.05) is 37.3 Å². The number of carbonyl (C=O) groups excluding carboxylic acids is 1. The van der Waals surface area contributed by atoms with Gasteiger partial charge in [0.1, 0.15) is 5.01 Å². The van der Waals surface area contributed by atoms with Gasteiger partial charge in [-0.2, -0.15) is 0 Å². The van der Waals surface area contributed by atoms with Crippen molar-refractivity contribution in [3.63, 3.8) is 0 Å². The lowest BCUT2D eigenvalue weighted by Gasteiger charge is -2.05. The predicted molar refractivity (Wildman–Crippen MR) is 84.1 cm³/mol. The summed E-state index contributed by atoms with van der Waals surface area (Å²) < 4.78 is 26.9. The number of primary amides is 1. The number of aromatic nitrogens is 2. The van der Waals surface area contributed by atoms with Gasteiger partial charge in [-0.05, 0) is 17.7 Å². The van der Waals surface area contributed by atoms with Gasteiger partial charge in [0.25, 0.3) is 10.0 Å². The molecule has 1 aromatic heterocycles. The van der Waals surface area contributed by atoms with Gasteiger partial charge in [-0.3, -0.25) is 9.52 Å². The third-order valence-electron chi connectivity index (χ3n) is 2.77. The molecule has 2 rings (SSSR count). The third kappa shape index (κ3) is 4.01. The molecule has 0 radical (unpaired) electrons. The van der Waals surface area contributed by atoms with Crippen molar-refractivity contribution < 1.29 is 13.2 Å². The number of hydrogen-bond donors (Lipinski definition) is 2. The highest BCUT2D eigenvalue weighted by Crippen LogP contribution is 2.24. The second kappa shape index (κ2) is 6.41. The molecule has 0 saturated heterocycles. The fourth-order valence-corrected chi connectivity index (χ4v) is 3.65. The van der Waals surface area contributed by atoms with Crippen molar-refractivity contribution in [3.8, 4) is 0 Å². The smallest absolute Gasteiger partial charge is 0.263 e. The molecule has 118 valence electrons. The monoisotopic (exact) mass is 340 g/mol. The van der Waals surface area contributed by atoms with E-state index < -0.39 is 15.9 Å². The highest BCUT2D eigenvalue weighted by molar-refractivity contribution is 7.93. The van der Waals surface area contributed by atoms with Crippen LogP contribution in [0.3, 0.4) is 0 Å². The van der Waals surface area contributed by atoms with Crippen LogP contribution in [0.2, 0.25) is 0 Å². The average Bonchev–Trinajstić information content (AvgIpc) is 2.86. The van der Waals surface area contributed by atoms with Crippen LogP contribution in [0.4, 0.5) is 5.13 Å². The summed E-state index contributed by atoms with van der Waals surface area (Å²) in [6.07, 6.45) is 0.0713. The zero-order chi connectivity index (χ0) is 16.3. The molecule has 0 bridgehead atoms. The minimum Gasteiger partial charge on any atom is -0.369 e. The molecule has 0 aliphatic rings. The summed E-state index contributed by atoms with van der Waals surface area (Å²) in [7, 11) is -3.73. The maximum absolute atomic E-state index is 12.3. The van der Waals surface area contributed by atoms with Gasteiger partial charge in [0.05, 0.1) is 11.3 Å². The van der Waals surface area contributed by atoms with E-state index in [1.54, 1.807) is 12.1 Å². The summed E-state index contributed by atoms with van der Waals surface area (Å²) in [6, 6.07) is 5.95. The number of nitrogens with zero attached hydrogens (tertiary/aromatic N) is 2. The normalized spacial score (nSPS) is 11.6. The van der Waals surface area contributed by atoms with Crippen LogP contribution in [0, 0.1) is 0 Å². The molecule has 2 aromatic rings. The third-order valence-corrected chi connectivity index (χ3v) is 5.39. The molecule has 22 heavy (non-hydrogen) atoms. The predicted octanol–water partition coefficient (Wildman–Crippen LogP) is 1.49. The number of carbonyl (C=O) groups is 1. The van der Waals surface area contributed by atoms with E-state index in [0.717, 1.165) is 5.01 Å². The van der Waals surface area contributed by atoms with Crippen LogP contribution in [0.15, 0.2) is 29.2 Å². The van der Waals surface area contributed by atoms with E-state index in [9.17, 15) is 13.2 Å². The largest absolute Gasteiger partial charge is 0.369 e. The maximum atomic E-state index is 12.3. The Hall–Kier alpha value is -2.00. The molecule has 0 atom stereocenters. The van der Waals surface area contributed by atoms with Crippen LogP contribution in [0.25, 0.3) is 0 Å². The lowest BCUT2D eigenvalue weighted by molar-refractivity contribution is -0.117. The molecule has 0 spiro atoms. The molecule has 1 heterocycles. The first-order chi connectivity index (χ1) is 10.3. The highest BCUT2D eigenvalue weighted by Gasteiger charge is 2.17. The van der Waals surface area contributed by atoms with Gasteiger partial charge in [-0.15, -0.1) is 10.2 Å². The Kier molecular flexibility index (Phi) is 4.77. The Morgan fingerprint density at radius 1 is 1.27 bits per heavy atom. The van der Waals surface area contributed by atoms with Crippen molar-refractivity contribution in [2.75, 3.05) is 4.72 Å². The number of amides is 1. The molecule has 0 saturated carbocycles. The van der Waals surface area contributed by atoms with Crippen LogP contribution in [0.5, 0.6) is 0 Å². The fraction of sp³-hybridized carbons (Fsp3) is 0.308. The van der Waals surface area contributed by atoms with Crippen molar-refractivity contribution >= 4 is 32.4 Å². The summed E-state index contributed by atoms with van der Waals surface area (Å²) in [5, 5.41) is 8.74. The van der Waals surface area contributed by atoms with Gasteiger partial charge in [0, 0.05) is 5.92 Å². The van der Waals surface area contributed by atoms with Crippen LogP contribution in [-0.2, 0) is 21.2 Å². The van der Waals surface area contributed by atoms with Crippen molar-refractivity contribution in [2.45, 2.75) is 31.1 Å². The first-order valence-electron chi connectivity index (χ1n) is 6.51. The SMILES string of the molecule is CC(C)c1nnc(NS(=O)(=O)c2ccc(CC(N)=O)cc2)s1. The molecule has 1 amide bonds. The van der Waals surface area contributed by atoms with Gasteiger partial charge in [0.15, 0.2) is 0 Å². The van der Waals surface area contributed by atoms with Crippen molar-refractivity contribution in [1.82, 2.24) is 10.2 Å². The quantitative estimate of drug-likeness (QED) is 0.826. The van der Waals surface area contributed by atoms with E-state index in [1.165, 1.54) is 23.5 Å². The number of anilines is 1. The minimum atomic E-state index is -3.73. The number of nitrogens with one attached hydrogen (secondary N) is 1. The topological polar surface area (TPSA) is 115 Å². The Morgan fingerprint density at radius 3 is 2.41 bits per heavy atom. The molecule has 1 aromatic carbocycles. The number of benzene rings is 1. The van der Waals surface area contributed by atoms with Gasteiger partial charge in [0.2, 0.25) is 11.0 Å². The standard InChI is InChI=1S/C13H16N4O3S2/c1-8(2)12-15-16-13(21-12)17-22(19,20)10-5-3-9(4-6-10)7-11(14)18/h3-6,8H,7H2,1-2H3,(H2,14,18)(H,16,17). The number of hydrogen-bond acceptors (Lipinski definition) is 6.